The fraction of sp³-hybridized carbons (Fsp3) is 0.588. The minimum absolute atomic E-state index is 0.0825. The lowest BCUT2D eigenvalue weighted by atomic mass is 10.1. The summed E-state index contributed by atoms with van der Waals surface area (Å²) in [6.45, 7) is 1.71. The van der Waals surface area contributed by atoms with Crippen molar-refractivity contribution in [3.05, 3.63) is 29.6 Å². The third-order valence-electron chi connectivity index (χ3n) is 4.46. The average molecular weight is 357 g/mol. The molecule has 2 rings (SSSR count). The molecule has 134 valence electrons. The van der Waals surface area contributed by atoms with Gasteiger partial charge in [-0.3, -0.25) is 4.79 Å². The van der Waals surface area contributed by atoms with Gasteiger partial charge in [-0.05, 0) is 38.0 Å². The Labute approximate surface area is 142 Å². The van der Waals surface area contributed by atoms with E-state index < -0.39 is 21.7 Å². The monoisotopic (exact) mass is 357 g/mol. The summed E-state index contributed by atoms with van der Waals surface area (Å²) in [6.07, 6.45) is 3.18. The van der Waals surface area contributed by atoms with Crippen LogP contribution in [0.15, 0.2) is 18.2 Å². The largest absolute Gasteiger partial charge is 0.496 e. The maximum atomic E-state index is 13.4. The van der Waals surface area contributed by atoms with Crippen LogP contribution < -0.4 is 10.1 Å². The third kappa shape index (κ3) is 4.69. The first-order chi connectivity index (χ1) is 11.3. The standard InChI is InChI=1S/C17H24FNO4S/c1-12(15-11-13(18)7-8-16(15)23-2)19-17(20)9-10-24(21,22)14-5-3-4-6-14/h7-8,11-12,14H,3-6,9-10H2,1-2H3,(H,19,20)/t12-/m1/s1. The number of ether oxygens (including phenoxy) is 1. The molecule has 0 bridgehead atoms. The van der Waals surface area contributed by atoms with Crippen LogP contribution in [0.3, 0.4) is 0 Å². The van der Waals surface area contributed by atoms with Gasteiger partial charge in [-0.15, -0.1) is 0 Å². The van der Waals surface area contributed by atoms with Gasteiger partial charge in [-0.25, -0.2) is 12.8 Å². The molecule has 1 atom stereocenters. The van der Waals surface area contributed by atoms with Gasteiger partial charge in [0.2, 0.25) is 5.91 Å². The number of benzene rings is 1. The molecule has 0 aromatic heterocycles. The second-order valence-corrected chi connectivity index (χ2v) is 8.60. The number of methoxy groups -OCH3 is 1. The molecule has 1 aromatic carbocycles. The Bertz CT molecular complexity index is 684. The first kappa shape index (κ1) is 18.7. The van der Waals surface area contributed by atoms with Gasteiger partial charge in [-0.2, -0.15) is 0 Å². The van der Waals surface area contributed by atoms with Gasteiger partial charge in [0.25, 0.3) is 0 Å². The minimum atomic E-state index is -3.22. The van der Waals surface area contributed by atoms with Crippen LogP contribution in [0.4, 0.5) is 4.39 Å². The molecule has 1 aliphatic rings. The van der Waals surface area contributed by atoms with E-state index in [1.807, 2.05) is 0 Å². The van der Waals surface area contributed by atoms with E-state index in [2.05, 4.69) is 5.32 Å². The van der Waals surface area contributed by atoms with E-state index >= 15 is 0 Å². The zero-order chi connectivity index (χ0) is 17.7. The maximum absolute atomic E-state index is 13.4. The topological polar surface area (TPSA) is 72.5 Å². The summed E-state index contributed by atoms with van der Waals surface area (Å²) in [5, 5.41) is 2.41. The van der Waals surface area contributed by atoms with E-state index in [1.54, 1.807) is 6.92 Å². The molecule has 0 heterocycles. The lowest BCUT2D eigenvalue weighted by molar-refractivity contribution is -0.121. The van der Waals surface area contributed by atoms with Gasteiger partial charge in [0.15, 0.2) is 9.84 Å². The van der Waals surface area contributed by atoms with Crippen molar-refractivity contribution < 1.29 is 22.3 Å². The second-order valence-electron chi connectivity index (χ2n) is 6.20. The van der Waals surface area contributed by atoms with E-state index in [0.29, 0.717) is 24.2 Å². The van der Waals surface area contributed by atoms with E-state index in [-0.39, 0.29) is 23.3 Å². The van der Waals surface area contributed by atoms with Gasteiger partial charge >= 0.3 is 0 Å². The van der Waals surface area contributed by atoms with Crippen molar-refractivity contribution in [2.24, 2.45) is 0 Å². The molecule has 1 fully saturated rings. The van der Waals surface area contributed by atoms with Crippen LogP contribution in [-0.2, 0) is 14.6 Å². The predicted octanol–water partition coefficient (Wildman–Crippen LogP) is 2.76. The number of hydrogen-bond acceptors (Lipinski definition) is 4. The summed E-state index contributed by atoms with van der Waals surface area (Å²) in [5.74, 6) is -0.454. The molecule has 1 amide bonds. The highest BCUT2D eigenvalue weighted by Crippen LogP contribution is 2.27. The summed E-state index contributed by atoms with van der Waals surface area (Å²) >= 11 is 0. The van der Waals surface area contributed by atoms with Crippen LogP contribution in [0.5, 0.6) is 5.75 Å². The molecule has 5 nitrogen and oxygen atoms in total. The Morgan fingerprint density at radius 1 is 1.38 bits per heavy atom. The van der Waals surface area contributed by atoms with Gasteiger partial charge in [0.05, 0.1) is 24.2 Å². The van der Waals surface area contributed by atoms with Crippen molar-refractivity contribution in [1.29, 1.82) is 0 Å². The number of halogens is 1. The van der Waals surface area contributed by atoms with Crippen molar-refractivity contribution in [1.82, 2.24) is 5.32 Å². The first-order valence-corrected chi connectivity index (χ1v) is 9.89. The van der Waals surface area contributed by atoms with Crippen molar-refractivity contribution in [3.8, 4) is 5.75 Å². The van der Waals surface area contributed by atoms with Gasteiger partial charge in [0.1, 0.15) is 11.6 Å². The highest BCUT2D eigenvalue weighted by Gasteiger charge is 2.29. The van der Waals surface area contributed by atoms with Crippen molar-refractivity contribution in [2.45, 2.75) is 50.3 Å². The highest BCUT2D eigenvalue weighted by atomic mass is 32.2. The summed E-state index contributed by atoms with van der Waals surface area (Å²) < 4.78 is 43.0. The minimum Gasteiger partial charge on any atom is -0.496 e. The Kier molecular flexibility index (Phi) is 6.21. The van der Waals surface area contributed by atoms with Crippen LogP contribution >= 0.6 is 0 Å². The molecule has 1 aliphatic carbocycles. The Morgan fingerprint density at radius 3 is 2.67 bits per heavy atom. The first-order valence-electron chi connectivity index (χ1n) is 8.18. The third-order valence-corrected chi connectivity index (χ3v) is 6.72. The molecule has 1 saturated carbocycles. The second kappa shape index (κ2) is 7.96. The summed E-state index contributed by atoms with van der Waals surface area (Å²) in [7, 11) is -1.75. The Morgan fingerprint density at radius 2 is 2.04 bits per heavy atom. The van der Waals surface area contributed by atoms with Gasteiger partial charge in [-0.1, -0.05) is 12.8 Å². The number of amides is 1. The molecule has 0 aliphatic heterocycles. The summed E-state index contributed by atoms with van der Waals surface area (Å²) in [6, 6.07) is 3.61. The van der Waals surface area contributed by atoms with Crippen LogP contribution in [-0.4, -0.2) is 32.4 Å². The van der Waals surface area contributed by atoms with Gasteiger partial charge in [0, 0.05) is 12.0 Å². The average Bonchev–Trinajstić information content (AvgIpc) is 3.08. The number of hydrogen-bond donors (Lipinski definition) is 1. The maximum Gasteiger partial charge on any atom is 0.221 e. The Balaban J connectivity index is 1.93. The zero-order valence-electron chi connectivity index (χ0n) is 14.0. The number of carbonyl (C=O) groups excluding carboxylic acids is 1. The number of sulfone groups is 1. The van der Waals surface area contributed by atoms with Gasteiger partial charge < -0.3 is 10.1 Å². The van der Waals surface area contributed by atoms with Crippen molar-refractivity contribution in [2.75, 3.05) is 12.9 Å². The van der Waals surface area contributed by atoms with Crippen LogP contribution in [0.1, 0.15) is 50.6 Å². The molecular formula is C17H24FNO4S. The zero-order valence-corrected chi connectivity index (χ0v) is 14.9. The summed E-state index contributed by atoms with van der Waals surface area (Å²) in [5.41, 5.74) is 0.518. The number of rotatable bonds is 7. The fourth-order valence-electron chi connectivity index (χ4n) is 3.08. The van der Waals surface area contributed by atoms with E-state index in [4.69, 9.17) is 4.74 Å². The quantitative estimate of drug-likeness (QED) is 0.814. The van der Waals surface area contributed by atoms with Crippen LogP contribution in [0.25, 0.3) is 0 Å². The molecule has 0 spiro atoms. The number of nitrogens with one attached hydrogen (secondary N) is 1. The van der Waals surface area contributed by atoms with Crippen molar-refractivity contribution in [3.63, 3.8) is 0 Å². The Hall–Kier alpha value is -1.63. The predicted molar refractivity (Wildman–Crippen MR) is 90.2 cm³/mol. The molecule has 0 saturated heterocycles. The SMILES string of the molecule is COc1ccc(F)cc1[C@@H](C)NC(=O)CCS(=O)(=O)C1CCCC1. The summed E-state index contributed by atoms with van der Waals surface area (Å²) in [4.78, 5) is 12.1. The molecular weight excluding hydrogens is 333 g/mol. The smallest absolute Gasteiger partial charge is 0.221 e. The van der Waals surface area contributed by atoms with Crippen LogP contribution in [0, 0.1) is 5.82 Å². The lowest BCUT2D eigenvalue weighted by Crippen LogP contribution is -2.30. The van der Waals surface area contributed by atoms with Crippen molar-refractivity contribution >= 4 is 15.7 Å². The van der Waals surface area contributed by atoms with E-state index in [9.17, 15) is 17.6 Å². The molecule has 1 N–H and O–H groups in total. The molecule has 1 aromatic rings. The molecule has 24 heavy (non-hydrogen) atoms. The number of carbonyl (C=O) groups is 1. The molecule has 0 unspecified atom stereocenters. The van der Waals surface area contributed by atoms with E-state index in [1.165, 1.54) is 25.3 Å². The molecule has 7 heteroatoms. The highest BCUT2D eigenvalue weighted by molar-refractivity contribution is 7.92. The molecule has 0 radical (unpaired) electrons. The van der Waals surface area contributed by atoms with E-state index in [0.717, 1.165) is 12.8 Å². The van der Waals surface area contributed by atoms with Crippen LogP contribution in [0.2, 0.25) is 0 Å². The fourth-order valence-corrected chi connectivity index (χ4v) is 4.94. The lowest BCUT2D eigenvalue weighted by Gasteiger charge is -2.18. The normalized spacial score (nSPS) is 16.8.